The molecule has 0 spiro atoms. The molecule has 0 aromatic carbocycles. The van der Waals surface area contributed by atoms with Gasteiger partial charge in [0.2, 0.25) is 11.8 Å². The zero-order valence-corrected chi connectivity index (χ0v) is 9.03. The first-order valence-electron chi connectivity index (χ1n) is 5.04. The van der Waals surface area contributed by atoms with Gasteiger partial charge in [0.15, 0.2) is 0 Å². The third kappa shape index (κ3) is 6.03. The zero-order chi connectivity index (χ0) is 11.8. The van der Waals surface area contributed by atoms with E-state index in [2.05, 4.69) is 5.32 Å². The lowest BCUT2D eigenvalue weighted by atomic mass is 10.1. The molecule has 6 heteroatoms. The standard InChI is InChI=1S/C9H20N4O2/c1-6(11)9(15)13-7(8(12)14)4-2-3-5-10/h6-7H,2-5,10-11H2,1H3,(H2,12,14)(H,13,15)/t6-,7-/m0/s1. The van der Waals surface area contributed by atoms with Gasteiger partial charge in [-0.25, -0.2) is 0 Å². The van der Waals surface area contributed by atoms with E-state index in [1.807, 2.05) is 0 Å². The van der Waals surface area contributed by atoms with Crippen LogP contribution in [0.2, 0.25) is 0 Å². The van der Waals surface area contributed by atoms with Crippen molar-refractivity contribution in [2.75, 3.05) is 6.54 Å². The van der Waals surface area contributed by atoms with Gasteiger partial charge < -0.3 is 22.5 Å². The molecule has 0 heterocycles. The lowest BCUT2D eigenvalue weighted by molar-refractivity contribution is -0.128. The van der Waals surface area contributed by atoms with E-state index in [-0.39, 0.29) is 5.91 Å². The summed E-state index contributed by atoms with van der Waals surface area (Å²) >= 11 is 0. The molecule has 88 valence electrons. The molecule has 0 fully saturated rings. The highest BCUT2D eigenvalue weighted by Gasteiger charge is 2.18. The van der Waals surface area contributed by atoms with Gasteiger partial charge in [-0.05, 0) is 32.7 Å². The van der Waals surface area contributed by atoms with Gasteiger partial charge in [-0.1, -0.05) is 0 Å². The van der Waals surface area contributed by atoms with Crippen LogP contribution in [-0.4, -0.2) is 30.4 Å². The minimum Gasteiger partial charge on any atom is -0.368 e. The summed E-state index contributed by atoms with van der Waals surface area (Å²) in [7, 11) is 0. The summed E-state index contributed by atoms with van der Waals surface area (Å²) in [6, 6.07) is -1.28. The van der Waals surface area contributed by atoms with Crippen molar-refractivity contribution in [3.63, 3.8) is 0 Å². The molecule has 2 atom stereocenters. The summed E-state index contributed by atoms with van der Waals surface area (Å²) in [6.07, 6.45) is 2.06. The minimum absolute atomic E-state index is 0.369. The van der Waals surface area contributed by atoms with E-state index in [0.29, 0.717) is 13.0 Å². The van der Waals surface area contributed by atoms with E-state index in [9.17, 15) is 9.59 Å². The lowest BCUT2D eigenvalue weighted by Gasteiger charge is -2.16. The number of primary amides is 1. The monoisotopic (exact) mass is 216 g/mol. The Morgan fingerprint density at radius 3 is 2.33 bits per heavy atom. The van der Waals surface area contributed by atoms with Crippen molar-refractivity contribution in [1.29, 1.82) is 0 Å². The van der Waals surface area contributed by atoms with Crippen LogP contribution in [0.15, 0.2) is 0 Å². The van der Waals surface area contributed by atoms with Crippen LogP contribution in [0.3, 0.4) is 0 Å². The van der Waals surface area contributed by atoms with Gasteiger partial charge in [-0.3, -0.25) is 9.59 Å². The quantitative estimate of drug-likeness (QED) is 0.384. The van der Waals surface area contributed by atoms with Crippen LogP contribution in [-0.2, 0) is 9.59 Å². The maximum atomic E-state index is 11.2. The number of hydrogen-bond donors (Lipinski definition) is 4. The third-order valence-electron chi connectivity index (χ3n) is 2.02. The van der Waals surface area contributed by atoms with Crippen molar-refractivity contribution >= 4 is 11.8 Å². The molecule has 2 amide bonds. The van der Waals surface area contributed by atoms with Crippen LogP contribution in [0.5, 0.6) is 0 Å². The Kier molecular flexibility index (Phi) is 6.64. The van der Waals surface area contributed by atoms with Crippen molar-refractivity contribution in [2.24, 2.45) is 17.2 Å². The van der Waals surface area contributed by atoms with Gasteiger partial charge in [-0.15, -0.1) is 0 Å². The second kappa shape index (κ2) is 7.19. The number of nitrogens with two attached hydrogens (primary N) is 3. The predicted molar refractivity (Wildman–Crippen MR) is 57.7 cm³/mol. The molecule has 0 unspecified atom stereocenters. The maximum Gasteiger partial charge on any atom is 0.240 e. The second-order valence-electron chi connectivity index (χ2n) is 3.54. The highest BCUT2D eigenvalue weighted by atomic mass is 16.2. The van der Waals surface area contributed by atoms with E-state index in [1.54, 1.807) is 6.92 Å². The highest BCUT2D eigenvalue weighted by molar-refractivity contribution is 5.88. The lowest BCUT2D eigenvalue weighted by Crippen LogP contribution is -2.49. The van der Waals surface area contributed by atoms with Gasteiger partial charge in [0, 0.05) is 0 Å². The number of carbonyl (C=O) groups excluding carboxylic acids is 2. The van der Waals surface area contributed by atoms with E-state index >= 15 is 0 Å². The summed E-state index contributed by atoms with van der Waals surface area (Å²) < 4.78 is 0. The summed E-state index contributed by atoms with van der Waals surface area (Å²) in [6.45, 7) is 2.11. The highest BCUT2D eigenvalue weighted by Crippen LogP contribution is 2.00. The van der Waals surface area contributed by atoms with Gasteiger partial charge in [-0.2, -0.15) is 0 Å². The molecule has 0 aliphatic rings. The van der Waals surface area contributed by atoms with E-state index in [1.165, 1.54) is 0 Å². The molecule has 7 N–H and O–H groups in total. The van der Waals surface area contributed by atoms with E-state index in [4.69, 9.17) is 17.2 Å². The average molecular weight is 216 g/mol. The molecule has 15 heavy (non-hydrogen) atoms. The molecular formula is C9H20N4O2. The van der Waals surface area contributed by atoms with Gasteiger partial charge in [0.25, 0.3) is 0 Å². The first-order chi connectivity index (χ1) is 6.99. The van der Waals surface area contributed by atoms with Crippen LogP contribution in [0, 0.1) is 0 Å². The third-order valence-corrected chi connectivity index (χ3v) is 2.02. The predicted octanol–water partition coefficient (Wildman–Crippen LogP) is -1.57. The van der Waals surface area contributed by atoms with Crippen LogP contribution < -0.4 is 22.5 Å². The van der Waals surface area contributed by atoms with Crippen molar-refractivity contribution in [3.05, 3.63) is 0 Å². The fraction of sp³-hybridized carbons (Fsp3) is 0.778. The maximum absolute atomic E-state index is 11.2. The minimum atomic E-state index is -0.643. The molecule has 6 nitrogen and oxygen atoms in total. The van der Waals surface area contributed by atoms with Gasteiger partial charge in [0.1, 0.15) is 6.04 Å². The number of carbonyl (C=O) groups is 2. The first-order valence-corrected chi connectivity index (χ1v) is 5.04. The number of rotatable bonds is 7. The number of hydrogen-bond acceptors (Lipinski definition) is 4. The molecule has 0 saturated carbocycles. The Morgan fingerprint density at radius 2 is 1.93 bits per heavy atom. The Balaban J connectivity index is 4.05. The second-order valence-corrected chi connectivity index (χ2v) is 3.54. The zero-order valence-electron chi connectivity index (χ0n) is 9.03. The number of amides is 2. The smallest absolute Gasteiger partial charge is 0.240 e. The SMILES string of the molecule is C[C@H](N)C(=O)N[C@@H](CCCCN)C(N)=O. The Bertz CT molecular complexity index is 218. The van der Waals surface area contributed by atoms with Crippen LogP contribution in [0.4, 0.5) is 0 Å². The average Bonchev–Trinajstić information content (AvgIpc) is 2.15. The van der Waals surface area contributed by atoms with Crippen LogP contribution >= 0.6 is 0 Å². The first kappa shape index (κ1) is 13.9. The van der Waals surface area contributed by atoms with Crippen LogP contribution in [0.25, 0.3) is 0 Å². The summed E-state index contributed by atoms with van der Waals surface area (Å²) in [4.78, 5) is 22.2. The topological polar surface area (TPSA) is 124 Å². The summed E-state index contributed by atoms with van der Waals surface area (Å²) in [5.74, 6) is -0.910. The van der Waals surface area contributed by atoms with Crippen LogP contribution in [0.1, 0.15) is 26.2 Å². The molecule has 0 aliphatic carbocycles. The Labute approximate surface area is 89.6 Å². The molecule has 0 rings (SSSR count). The van der Waals surface area contributed by atoms with E-state index < -0.39 is 18.0 Å². The summed E-state index contributed by atoms with van der Waals surface area (Å²) in [5.41, 5.74) is 15.8. The fourth-order valence-electron chi connectivity index (χ4n) is 1.08. The van der Waals surface area contributed by atoms with Crippen molar-refractivity contribution < 1.29 is 9.59 Å². The van der Waals surface area contributed by atoms with E-state index in [0.717, 1.165) is 12.8 Å². The van der Waals surface area contributed by atoms with Crippen molar-refractivity contribution in [3.8, 4) is 0 Å². The molecule has 0 bridgehead atoms. The molecule has 0 aromatic heterocycles. The number of nitrogens with one attached hydrogen (secondary N) is 1. The van der Waals surface area contributed by atoms with Crippen molar-refractivity contribution in [2.45, 2.75) is 38.3 Å². The Hall–Kier alpha value is -1.14. The molecule has 0 saturated heterocycles. The fourth-order valence-corrected chi connectivity index (χ4v) is 1.08. The Morgan fingerprint density at radius 1 is 1.33 bits per heavy atom. The molecule has 0 aromatic rings. The number of unbranched alkanes of at least 4 members (excludes halogenated alkanes) is 1. The molecule has 0 radical (unpaired) electrons. The van der Waals surface area contributed by atoms with Gasteiger partial charge >= 0.3 is 0 Å². The summed E-state index contributed by atoms with van der Waals surface area (Å²) in [5, 5.41) is 2.50. The van der Waals surface area contributed by atoms with Gasteiger partial charge in [0.05, 0.1) is 6.04 Å². The molecular weight excluding hydrogens is 196 g/mol. The normalized spacial score (nSPS) is 14.3. The molecule has 0 aliphatic heterocycles. The van der Waals surface area contributed by atoms with Crippen molar-refractivity contribution in [1.82, 2.24) is 5.32 Å². The largest absolute Gasteiger partial charge is 0.368 e.